The number of anilines is 1. The van der Waals surface area contributed by atoms with E-state index in [0.29, 0.717) is 28.0 Å². The minimum Gasteiger partial charge on any atom is -0.457 e. The number of rotatable bonds is 4. The Hall–Kier alpha value is -3.38. The van der Waals surface area contributed by atoms with Gasteiger partial charge in [0.15, 0.2) is 0 Å². The van der Waals surface area contributed by atoms with Crippen molar-refractivity contribution in [2.75, 3.05) is 5.32 Å². The zero-order chi connectivity index (χ0) is 18.8. The smallest absolute Gasteiger partial charge is 0.257 e. The van der Waals surface area contributed by atoms with Gasteiger partial charge in [-0.15, -0.1) is 0 Å². The highest BCUT2D eigenvalue weighted by molar-refractivity contribution is 6.32. The number of aromatic amines is 1. The Balaban J connectivity index is 1.49. The molecule has 0 aliphatic carbocycles. The van der Waals surface area contributed by atoms with Gasteiger partial charge >= 0.3 is 0 Å². The van der Waals surface area contributed by atoms with Gasteiger partial charge in [0.25, 0.3) is 5.91 Å². The van der Waals surface area contributed by atoms with E-state index in [1.807, 2.05) is 13.0 Å². The monoisotopic (exact) mass is 378 g/mol. The molecule has 4 rings (SSSR count). The van der Waals surface area contributed by atoms with Crippen LogP contribution < -0.4 is 10.1 Å². The molecule has 2 heterocycles. The normalized spacial score (nSPS) is 10.7. The fourth-order valence-electron chi connectivity index (χ4n) is 2.64. The number of pyridine rings is 1. The van der Waals surface area contributed by atoms with E-state index >= 15 is 0 Å². The Kier molecular flexibility index (Phi) is 4.48. The van der Waals surface area contributed by atoms with Gasteiger partial charge in [0.2, 0.25) is 5.95 Å². The number of hydrogen-bond acceptors (Lipinski definition) is 4. The molecule has 0 unspecified atom stereocenters. The largest absolute Gasteiger partial charge is 0.457 e. The highest BCUT2D eigenvalue weighted by Gasteiger charge is 2.12. The zero-order valence-corrected chi connectivity index (χ0v) is 15.1. The summed E-state index contributed by atoms with van der Waals surface area (Å²) in [6.45, 7) is 1.89. The van der Waals surface area contributed by atoms with E-state index in [0.717, 1.165) is 16.6 Å². The highest BCUT2D eigenvalue weighted by Crippen LogP contribution is 2.25. The lowest BCUT2D eigenvalue weighted by atomic mass is 10.2. The van der Waals surface area contributed by atoms with E-state index in [1.54, 1.807) is 54.9 Å². The van der Waals surface area contributed by atoms with Crippen LogP contribution in [0.2, 0.25) is 5.02 Å². The summed E-state index contributed by atoms with van der Waals surface area (Å²) in [6, 6.07) is 14.0. The molecule has 0 radical (unpaired) electrons. The number of amides is 1. The summed E-state index contributed by atoms with van der Waals surface area (Å²) in [5.41, 5.74) is 2.91. The summed E-state index contributed by atoms with van der Waals surface area (Å²) in [6.07, 6.45) is 3.30. The first-order chi connectivity index (χ1) is 13.1. The van der Waals surface area contributed by atoms with Crippen LogP contribution in [0.15, 0.2) is 60.9 Å². The van der Waals surface area contributed by atoms with Crippen LogP contribution >= 0.6 is 11.6 Å². The third kappa shape index (κ3) is 3.61. The van der Waals surface area contributed by atoms with Gasteiger partial charge in [-0.2, -0.15) is 0 Å². The summed E-state index contributed by atoms with van der Waals surface area (Å²) >= 11 is 6.11. The minimum atomic E-state index is -0.270. The third-order valence-electron chi connectivity index (χ3n) is 4.08. The van der Waals surface area contributed by atoms with Crippen LogP contribution in [0.3, 0.4) is 0 Å². The van der Waals surface area contributed by atoms with E-state index in [4.69, 9.17) is 16.3 Å². The lowest BCUT2D eigenvalue weighted by Gasteiger charge is -2.06. The molecule has 27 heavy (non-hydrogen) atoms. The average Bonchev–Trinajstić information content (AvgIpc) is 3.09. The van der Waals surface area contributed by atoms with E-state index in [2.05, 4.69) is 20.3 Å². The Morgan fingerprint density at radius 2 is 1.74 bits per heavy atom. The number of aromatic nitrogens is 3. The van der Waals surface area contributed by atoms with Gasteiger partial charge in [-0.05, 0) is 61.0 Å². The maximum absolute atomic E-state index is 12.5. The predicted octanol–water partition coefficient (Wildman–Crippen LogP) is 4.96. The van der Waals surface area contributed by atoms with Gasteiger partial charge in [-0.1, -0.05) is 11.6 Å². The van der Waals surface area contributed by atoms with E-state index in [-0.39, 0.29) is 5.91 Å². The van der Waals surface area contributed by atoms with Crippen molar-refractivity contribution >= 4 is 34.5 Å². The first kappa shape index (κ1) is 17.1. The lowest BCUT2D eigenvalue weighted by Crippen LogP contribution is -2.12. The van der Waals surface area contributed by atoms with Crippen molar-refractivity contribution in [1.29, 1.82) is 0 Å². The van der Waals surface area contributed by atoms with Gasteiger partial charge in [0, 0.05) is 23.0 Å². The third-order valence-corrected chi connectivity index (χ3v) is 4.48. The summed E-state index contributed by atoms with van der Waals surface area (Å²) in [5, 5.41) is 3.40. The molecule has 134 valence electrons. The fourth-order valence-corrected chi connectivity index (χ4v) is 2.80. The Labute approximate surface area is 160 Å². The number of ether oxygens (including phenoxy) is 1. The molecule has 7 heteroatoms. The second-order valence-electron chi connectivity index (χ2n) is 5.92. The molecule has 2 N–H and O–H groups in total. The van der Waals surface area contributed by atoms with Crippen LogP contribution in [-0.2, 0) is 0 Å². The summed E-state index contributed by atoms with van der Waals surface area (Å²) in [7, 11) is 0. The molecular formula is C20H15ClN4O2. The van der Waals surface area contributed by atoms with Crippen LogP contribution in [-0.4, -0.2) is 20.9 Å². The number of fused-ring (bicyclic) bond motifs is 1. The molecule has 6 nitrogen and oxygen atoms in total. The molecule has 0 atom stereocenters. The molecule has 0 fully saturated rings. The maximum atomic E-state index is 12.5. The first-order valence-electron chi connectivity index (χ1n) is 8.24. The molecule has 0 aliphatic rings. The number of benzene rings is 2. The number of aryl methyl sites for hydroxylation is 1. The second kappa shape index (κ2) is 7.09. The predicted molar refractivity (Wildman–Crippen MR) is 105 cm³/mol. The molecule has 4 aromatic rings. The molecule has 0 aliphatic heterocycles. The number of carbonyl (C=O) groups excluding carboxylic acids is 1. The van der Waals surface area contributed by atoms with Crippen molar-refractivity contribution in [3.8, 4) is 11.5 Å². The van der Waals surface area contributed by atoms with Gasteiger partial charge in [0.1, 0.15) is 11.5 Å². The van der Waals surface area contributed by atoms with Gasteiger partial charge in [0.05, 0.1) is 11.0 Å². The Morgan fingerprint density at radius 3 is 2.48 bits per heavy atom. The van der Waals surface area contributed by atoms with Crippen molar-refractivity contribution < 1.29 is 9.53 Å². The van der Waals surface area contributed by atoms with Crippen molar-refractivity contribution in [1.82, 2.24) is 15.0 Å². The standard InChI is InChI=1S/C20H15ClN4O2/c1-12-16(21)6-7-17-18(12)24-20(23-17)25-19(26)13-2-4-14(5-3-13)27-15-8-10-22-11-9-15/h2-11H,1H3,(H2,23,24,25,26). The maximum Gasteiger partial charge on any atom is 0.257 e. The number of imidazole rings is 1. The number of nitrogens with one attached hydrogen (secondary N) is 2. The molecule has 0 spiro atoms. The van der Waals surface area contributed by atoms with Crippen molar-refractivity contribution in [3.63, 3.8) is 0 Å². The van der Waals surface area contributed by atoms with Crippen molar-refractivity contribution in [2.24, 2.45) is 0 Å². The van der Waals surface area contributed by atoms with Crippen molar-refractivity contribution in [3.05, 3.63) is 77.1 Å². The zero-order valence-electron chi connectivity index (χ0n) is 14.4. The molecule has 0 saturated heterocycles. The van der Waals surface area contributed by atoms with Crippen LogP contribution in [0, 0.1) is 6.92 Å². The number of carbonyl (C=O) groups is 1. The Morgan fingerprint density at radius 1 is 1.04 bits per heavy atom. The lowest BCUT2D eigenvalue weighted by molar-refractivity contribution is 0.102. The number of halogens is 1. The van der Waals surface area contributed by atoms with Gasteiger partial charge in [-0.25, -0.2) is 4.98 Å². The number of nitrogens with zero attached hydrogens (tertiary/aromatic N) is 2. The molecule has 2 aromatic heterocycles. The van der Waals surface area contributed by atoms with Gasteiger partial charge < -0.3 is 9.72 Å². The topological polar surface area (TPSA) is 79.9 Å². The number of hydrogen-bond donors (Lipinski definition) is 2. The first-order valence-corrected chi connectivity index (χ1v) is 8.62. The summed E-state index contributed by atoms with van der Waals surface area (Å²) in [4.78, 5) is 23.9. The fraction of sp³-hybridized carbons (Fsp3) is 0.0500. The van der Waals surface area contributed by atoms with Crippen LogP contribution in [0.4, 0.5) is 5.95 Å². The molecule has 0 saturated carbocycles. The number of H-pyrrole nitrogens is 1. The molecule has 2 aromatic carbocycles. The summed E-state index contributed by atoms with van der Waals surface area (Å²) < 4.78 is 5.69. The van der Waals surface area contributed by atoms with E-state index < -0.39 is 0 Å². The van der Waals surface area contributed by atoms with Crippen LogP contribution in [0.25, 0.3) is 11.0 Å². The molecule has 0 bridgehead atoms. The van der Waals surface area contributed by atoms with Crippen molar-refractivity contribution in [2.45, 2.75) is 6.92 Å². The minimum absolute atomic E-state index is 0.270. The van der Waals surface area contributed by atoms with Gasteiger partial charge in [-0.3, -0.25) is 15.1 Å². The average molecular weight is 379 g/mol. The SMILES string of the molecule is Cc1c(Cl)ccc2[nH]c(NC(=O)c3ccc(Oc4ccncc4)cc3)nc12. The molecular weight excluding hydrogens is 364 g/mol. The quantitative estimate of drug-likeness (QED) is 0.525. The van der Waals surface area contributed by atoms with E-state index in [9.17, 15) is 4.79 Å². The second-order valence-corrected chi connectivity index (χ2v) is 6.32. The molecule has 1 amide bonds. The van der Waals surface area contributed by atoms with Crippen LogP contribution in [0.1, 0.15) is 15.9 Å². The van der Waals surface area contributed by atoms with E-state index in [1.165, 1.54) is 0 Å². The Bertz CT molecular complexity index is 1110. The summed E-state index contributed by atoms with van der Waals surface area (Å²) in [5.74, 6) is 1.41. The highest BCUT2D eigenvalue weighted by atomic mass is 35.5. The van der Waals surface area contributed by atoms with Crippen LogP contribution in [0.5, 0.6) is 11.5 Å².